The van der Waals surface area contributed by atoms with Gasteiger partial charge >= 0.3 is 6.18 Å². The number of alkyl halides is 6. The first-order chi connectivity index (χ1) is 5.13. The van der Waals surface area contributed by atoms with Crippen molar-refractivity contribution in [2.45, 2.75) is 31.1 Å². The molecule has 0 bridgehead atoms. The van der Waals surface area contributed by atoms with Gasteiger partial charge in [0.25, 0.3) is 11.6 Å². The molecular weight excluding hydrogens is 186 g/mol. The van der Waals surface area contributed by atoms with Gasteiger partial charge in [-0.15, -0.1) is 0 Å². The molecule has 1 aliphatic carbocycles. The van der Waals surface area contributed by atoms with Crippen molar-refractivity contribution < 1.29 is 26.3 Å². The van der Waals surface area contributed by atoms with E-state index in [1.165, 1.54) is 0 Å². The van der Waals surface area contributed by atoms with E-state index in [1.807, 2.05) is 0 Å². The highest BCUT2D eigenvalue weighted by atomic mass is 19.4. The number of halogens is 6. The summed E-state index contributed by atoms with van der Waals surface area (Å²) < 4.78 is 72.5. The van der Waals surface area contributed by atoms with Crippen LogP contribution in [0.4, 0.5) is 26.3 Å². The molecular formula is C6H6F6. The topological polar surface area (TPSA) is 0 Å². The van der Waals surface area contributed by atoms with E-state index < -0.39 is 30.1 Å². The number of rotatable bonds is 0. The molecule has 0 nitrogen and oxygen atoms in total. The van der Waals surface area contributed by atoms with Crippen molar-refractivity contribution in [3.05, 3.63) is 0 Å². The van der Waals surface area contributed by atoms with Crippen molar-refractivity contribution in [2.75, 3.05) is 0 Å². The van der Waals surface area contributed by atoms with Crippen molar-refractivity contribution in [3.63, 3.8) is 0 Å². The molecule has 0 unspecified atom stereocenters. The second-order valence-corrected chi connectivity index (χ2v) is 3.02. The predicted molar refractivity (Wildman–Crippen MR) is 28.6 cm³/mol. The first-order valence-corrected chi connectivity index (χ1v) is 3.26. The molecule has 0 N–H and O–H groups in total. The summed E-state index contributed by atoms with van der Waals surface area (Å²) in [5.74, 6) is -5.92. The standard InChI is InChI=1S/C6H6F6/c1-3-2-4(7,8)5(3,9)6(10,11)12/h3H,2H2,1H3/t3-,5-/m1/s1. The van der Waals surface area contributed by atoms with Crippen LogP contribution < -0.4 is 0 Å². The molecule has 0 spiro atoms. The fourth-order valence-corrected chi connectivity index (χ4v) is 1.39. The third kappa shape index (κ3) is 0.863. The highest BCUT2D eigenvalue weighted by Gasteiger charge is 2.80. The van der Waals surface area contributed by atoms with Gasteiger partial charge in [0.2, 0.25) is 0 Å². The highest BCUT2D eigenvalue weighted by molar-refractivity contribution is 5.12. The van der Waals surface area contributed by atoms with Crippen LogP contribution in [0.5, 0.6) is 0 Å². The first kappa shape index (κ1) is 9.67. The molecule has 0 radical (unpaired) electrons. The van der Waals surface area contributed by atoms with Gasteiger partial charge in [0.15, 0.2) is 0 Å². The summed E-state index contributed by atoms with van der Waals surface area (Å²) in [5, 5.41) is 0. The van der Waals surface area contributed by atoms with Crippen LogP contribution in [0.15, 0.2) is 0 Å². The molecule has 1 rings (SSSR count). The van der Waals surface area contributed by atoms with Gasteiger partial charge in [-0.2, -0.15) is 13.2 Å². The van der Waals surface area contributed by atoms with Crippen LogP contribution in [0.1, 0.15) is 13.3 Å². The summed E-state index contributed by atoms with van der Waals surface area (Å²) in [6.07, 6.45) is -6.52. The van der Waals surface area contributed by atoms with Gasteiger partial charge in [0.1, 0.15) is 0 Å². The minimum atomic E-state index is -5.48. The second kappa shape index (κ2) is 2.09. The zero-order valence-electron chi connectivity index (χ0n) is 6.05. The molecule has 0 aromatic carbocycles. The third-order valence-corrected chi connectivity index (χ3v) is 2.19. The summed E-state index contributed by atoms with van der Waals surface area (Å²) in [7, 11) is 0. The molecule has 1 saturated carbocycles. The van der Waals surface area contributed by atoms with Crippen molar-refractivity contribution in [3.8, 4) is 0 Å². The molecule has 0 aromatic heterocycles. The average Bonchev–Trinajstić information content (AvgIpc) is 1.83. The van der Waals surface area contributed by atoms with Gasteiger partial charge in [0, 0.05) is 12.3 Å². The molecule has 0 amide bonds. The summed E-state index contributed by atoms with van der Waals surface area (Å²) in [4.78, 5) is 0. The minimum absolute atomic E-state index is 0.824. The zero-order chi connectivity index (χ0) is 9.78. The Balaban J connectivity index is 2.97. The summed E-state index contributed by atoms with van der Waals surface area (Å²) in [6, 6.07) is 0. The van der Waals surface area contributed by atoms with Crippen LogP contribution in [-0.2, 0) is 0 Å². The quantitative estimate of drug-likeness (QED) is 0.517. The Labute approximate surface area is 64.6 Å². The van der Waals surface area contributed by atoms with E-state index in [0.29, 0.717) is 0 Å². The maximum Gasteiger partial charge on any atom is 0.428 e. The Bertz CT molecular complexity index is 183. The van der Waals surface area contributed by atoms with Gasteiger partial charge in [-0.1, -0.05) is 6.92 Å². The SMILES string of the molecule is C[C@@H]1CC(F)(F)[C@@]1(F)C(F)(F)F. The number of hydrogen-bond acceptors (Lipinski definition) is 0. The molecule has 72 valence electrons. The smallest absolute Gasteiger partial charge is 0.227 e. The van der Waals surface area contributed by atoms with Crippen molar-refractivity contribution in [2.24, 2.45) is 5.92 Å². The van der Waals surface area contributed by atoms with E-state index in [9.17, 15) is 26.3 Å². The first-order valence-electron chi connectivity index (χ1n) is 3.26. The summed E-state index contributed by atoms with van der Waals surface area (Å²) >= 11 is 0. The van der Waals surface area contributed by atoms with Crippen LogP contribution in [0, 0.1) is 5.92 Å². The van der Waals surface area contributed by atoms with Crippen LogP contribution >= 0.6 is 0 Å². The lowest BCUT2D eigenvalue weighted by Crippen LogP contribution is -2.68. The Morgan fingerprint density at radius 2 is 1.58 bits per heavy atom. The lowest BCUT2D eigenvalue weighted by Gasteiger charge is -2.48. The fourth-order valence-electron chi connectivity index (χ4n) is 1.39. The summed E-state index contributed by atoms with van der Waals surface area (Å²) in [5.41, 5.74) is -4.32. The third-order valence-electron chi connectivity index (χ3n) is 2.19. The second-order valence-electron chi connectivity index (χ2n) is 3.02. The van der Waals surface area contributed by atoms with Crippen molar-refractivity contribution >= 4 is 0 Å². The highest BCUT2D eigenvalue weighted by Crippen LogP contribution is 2.61. The Morgan fingerprint density at radius 1 is 1.17 bits per heavy atom. The van der Waals surface area contributed by atoms with E-state index in [2.05, 4.69) is 0 Å². The molecule has 0 heterocycles. The maximum absolute atomic E-state index is 12.7. The van der Waals surface area contributed by atoms with Crippen molar-refractivity contribution in [1.29, 1.82) is 0 Å². The Kier molecular flexibility index (Phi) is 1.68. The van der Waals surface area contributed by atoms with Crippen molar-refractivity contribution in [1.82, 2.24) is 0 Å². The van der Waals surface area contributed by atoms with E-state index in [4.69, 9.17) is 0 Å². The number of hydrogen-bond donors (Lipinski definition) is 0. The van der Waals surface area contributed by atoms with E-state index >= 15 is 0 Å². The molecule has 2 atom stereocenters. The Morgan fingerprint density at radius 3 is 1.67 bits per heavy atom. The maximum atomic E-state index is 12.7. The largest absolute Gasteiger partial charge is 0.428 e. The normalized spacial score (nSPS) is 40.8. The van der Waals surface area contributed by atoms with Crippen LogP contribution in [0.25, 0.3) is 0 Å². The van der Waals surface area contributed by atoms with Gasteiger partial charge in [-0.25, -0.2) is 13.2 Å². The zero-order valence-corrected chi connectivity index (χ0v) is 6.05. The van der Waals surface area contributed by atoms with E-state index in [1.54, 1.807) is 0 Å². The lowest BCUT2D eigenvalue weighted by atomic mass is 9.68. The molecule has 0 aromatic rings. The molecule has 1 aliphatic rings. The average molecular weight is 192 g/mol. The summed E-state index contributed by atoms with van der Waals surface area (Å²) in [6.45, 7) is 0.824. The van der Waals surface area contributed by atoms with Gasteiger partial charge in [-0.05, 0) is 0 Å². The van der Waals surface area contributed by atoms with Crippen LogP contribution in [0.3, 0.4) is 0 Å². The van der Waals surface area contributed by atoms with Crippen LogP contribution in [-0.4, -0.2) is 17.8 Å². The molecule has 0 saturated heterocycles. The monoisotopic (exact) mass is 192 g/mol. The molecule has 0 aliphatic heterocycles. The lowest BCUT2D eigenvalue weighted by molar-refractivity contribution is -0.367. The Hall–Kier alpha value is -0.420. The van der Waals surface area contributed by atoms with Gasteiger partial charge in [0.05, 0.1) is 0 Å². The fraction of sp³-hybridized carbons (Fsp3) is 1.00. The predicted octanol–water partition coefficient (Wildman–Crippen LogP) is 2.93. The van der Waals surface area contributed by atoms with E-state index in [0.717, 1.165) is 6.92 Å². The van der Waals surface area contributed by atoms with Gasteiger partial charge < -0.3 is 0 Å². The molecule has 1 fully saturated rings. The van der Waals surface area contributed by atoms with E-state index in [-0.39, 0.29) is 0 Å². The van der Waals surface area contributed by atoms with Crippen LogP contribution in [0.2, 0.25) is 0 Å². The molecule has 12 heavy (non-hydrogen) atoms. The molecule has 6 heteroatoms. The van der Waals surface area contributed by atoms with Gasteiger partial charge in [-0.3, -0.25) is 0 Å². The minimum Gasteiger partial charge on any atom is -0.227 e.